The maximum Gasteiger partial charge on any atom is 0.320 e. The molecule has 0 aromatic heterocycles. The number of carboxylic acid groups (broad SMARTS) is 1. The number of aliphatic carboxylic acids is 1. The van der Waals surface area contributed by atoms with E-state index in [1.807, 2.05) is 11.8 Å². The molecule has 156 valence electrons. The number of likely N-dealkylation sites (tertiary alicyclic amines) is 1. The van der Waals surface area contributed by atoms with Gasteiger partial charge in [-0.05, 0) is 42.7 Å². The fraction of sp³-hybridized carbons (Fsp3) is 0.652. The molecule has 28 heavy (non-hydrogen) atoms. The number of carbonyl (C=O) groups is 2. The van der Waals surface area contributed by atoms with Gasteiger partial charge in [-0.3, -0.25) is 14.5 Å². The van der Waals surface area contributed by atoms with E-state index >= 15 is 0 Å². The SMILES string of the molecule is CCC(=O)NC(C(CC)c1ccc(CC(C)C)cc1)N1CCCCC1C(=O)O. The summed E-state index contributed by atoms with van der Waals surface area (Å²) in [5.41, 5.74) is 2.47. The highest BCUT2D eigenvalue weighted by atomic mass is 16.4. The van der Waals surface area contributed by atoms with Crippen molar-refractivity contribution < 1.29 is 14.7 Å². The number of hydrogen-bond donors (Lipinski definition) is 2. The summed E-state index contributed by atoms with van der Waals surface area (Å²) in [6, 6.07) is 8.10. The van der Waals surface area contributed by atoms with Gasteiger partial charge in [-0.15, -0.1) is 0 Å². The molecule has 3 atom stereocenters. The normalized spacial score (nSPS) is 20.0. The molecular formula is C23H36N2O3. The van der Waals surface area contributed by atoms with Gasteiger partial charge in [0, 0.05) is 18.9 Å². The van der Waals surface area contributed by atoms with Crippen LogP contribution in [0, 0.1) is 5.92 Å². The molecule has 1 fully saturated rings. The first-order chi connectivity index (χ1) is 13.4. The molecule has 5 heteroatoms. The van der Waals surface area contributed by atoms with Gasteiger partial charge in [0.2, 0.25) is 5.91 Å². The Hall–Kier alpha value is -1.88. The lowest BCUT2D eigenvalue weighted by atomic mass is 9.88. The van der Waals surface area contributed by atoms with E-state index in [1.165, 1.54) is 5.56 Å². The average molecular weight is 389 g/mol. The van der Waals surface area contributed by atoms with Crippen LogP contribution in [0.5, 0.6) is 0 Å². The van der Waals surface area contributed by atoms with Crippen LogP contribution in [0.25, 0.3) is 0 Å². The Morgan fingerprint density at radius 2 is 1.86 bits per heavy atom. The molecule has 0 saturated carbocycles. The summed E-state index contributed by atoms with van der Waals surface area (Å²) >= 11 is 0. The quantitative estimate of drug-likeness (QED) is 0.666. The zero-order chi connectivity index (χ0) is 20.7. The van der Waals surface area contributed by atoms with Crippen LogP contribution in [-0.4, -0.2) is 40.6 Å². The van der Waals surface area contributed by atoms with Gasteiger partial charge in [0.25, 0.3) is 0 Å². The van der Waals surface area contributed by atoms with E-state index in [-0.39, 0.29) is 18.0 Å². The molecule has 0 spiro atoms. The van der Waals surface area contributed by atoms with Crippen LogP contribution in [0.15, 0.2) is 24.3 Å². The number of hydrogen-bond acceptors (Lipinski definition) is 3. The standard InChI is InChI=1S/C23H36N2O3/c1-5-19(18-12-10-17(11-13-18)15-16(3)4)22(24-21(26)6-2)25-14-8-7-9-20(25)23(27)28/h10-13,16,19-20,22H,5-9,14-15H2,1-4H3,(H,24,26)(H,27,28). The van der Waals surface area contributed by atoms with Crippen LogP contribution in [0.4, 0.5) is 0 Å². The van der Waals surface area contributed by atoms with Gasteiger partial charge in [0.1, 0.15) is 6.04 Å². The third-order valence-electron chi connectivity index (χ3n) is 5.69. The number of rotatable bonds is 9. The Kier molecular flexibility index (Phi) is 8.49. The van der Waals surface area contributed by atoms with Crippen LogP contribution in [0.1, 0.15) is 76.8 Å². The summed E-state index contributed by atoms with van der Waals surface area (Å²) in [4.78, 5) is 26.2. The molecule has 0 bridgehead atoms. The van der Waals surface area contributed by atoms with Gasteiger partial charge in [-0.1, -0.05) is 58.4 Å². The predicted molar refractivity (Wildman–Crippen MR) is 112 cm³/mol. The monoisotopic (exact) mass is 388 g/mol. The van der Waals surface area contributed by atoms with Crippen LogP contribution >= 0.6 is 0 Å². The summed E-state index contributed by atoms with van der Waals surface area (Å²) in [6.07, 6.45) is 4.49. The minimum absolute atomic E-state index is 0.0328. The number of piperidine rings is 1. The second-order valence-electron chi connectivity index (χ2n) is 8.31. The van der Waals surface area contributed by atoms with Gasteiger partial charge in [-0.25, -0.2) is 0 Å². The minimum Gasteiger partial charge on any atom is -0.480 e. The molecule has 0 radical (unpaired) electrons. The van der Waals surface area contributed by atoms with Crippen molar-refractivity contribution in [3.8, 4) is 0 Å². The maximum absolute atomic E-state index is 12.3. The topological polar surface area (TPSA) is 69.6 Å². The van der Waals surface area contributed by atoms with E-state index in [0.717, 1.165) is 31.2 Å². The molecule has 2 rings (SSSR count). The van der Waals surface area contributed by atoms with E-state index < -0.39 is 12.0 Å². The second-order valence-corrected chi connectivity index (χ2v) is 8.31. The Bertz CT molecular complexity index is 642. The molecule has 1 aliphatic rings. The molecule has 3 unspecified atom stereocenters. The Morgan fingerprint density at radius 3 is 2.39 bits per heavy atom. The first-order valence-corrected chi connectivity index (χ1v) is 10.7. The maximum atomic E-state index is 12.3. The molecule has 0 aliphatic carbocycles. The molecular weight excluding hydrogens is 352 g/mol. The van der Waals surface area contributed by atoms with Crippen LogP contribution in [0.2, 0.25) is 0 Å². The highest BCUT2D eigenvalue weighted by Gasteiger charge is 2.37. The molecule has 5 nitrogen and oxygen atoms in total. The van der Waals surface area contributed by atoms with E-state index in [0.29, 0.717) is 25.3 Å². The Morgan fingerprint density at radius 1 is 1.18 bits per heavy atom. The largest absolute Gasteiger partial charge is 0.480 e. The lowest BCUT2D eigenvalue weighted by Crippen LogP contribution is -2.58. The number of carbonyl (C=O) groups excluding carboxylic acids is 1. The zero-order valence-electron chi connectivity index (χ0n) is 17.8. The van der Waals surface area contributed by atoms with Crippen LogP contribution in [-0.2, 0) is 16.0 Å². The van der Waals surface area contributed by atoms with E-state index in [9.17, 15) is 14.7 Å². The Balaban J connectivity index is 2.33. The smallest absolute Gasteiger partial charge is 0.320 e. The van der Waals surface area contributed by atoms with Crippen molar-refractivity contribution in [1.29, 1.82) is 0 Å². The lowest BCUT2D eigenvalue weighted by Gasteiger charge is -2.43. The van der Waals surface area contributed by atoms with Crippen molar-refractivity contribution in [2.24, 2.45) is 5.92 Å². The fourth-order valence-electron chi connectivity index (χ4n) is 4.25. The van der Waals surface area contributed by atoms with Crippen molar-refractivity contribution in [3.05, 3.63) is 35.4 Å². The number of amides is 1. The van der Waals surface area contributed by atoms with E-state index in [1.54, 1.807) is 0 Å². The predicted octanol–water partition coefficient (Wildman–Crippen LogP) is 4.17. The summed E-state index contributed by atoms with van der Waals surface area (Å²) in [5.74, 6) is -0.162. The van der Waals surface area contributed by atoms with E-state index in [4.69, 9.17) is 0 Å². The zero-order valence-corrected chi connectivity index (χ0v) is 17.8. The number of carboxylic acids is 1. The van der Waals surface area contributed by atoms with Crippen molar-refractivity contribution in [2.75, 3.05) is 6.54 Å². The first-order valence-electron chi connectivity index (χ1n) is 10.7. The molecule has 1 aromatic rings. The third kappa shape index (κ3) is 5.81. The summed E-state index contributed by atoms with van der Waals surface area (Å²) in [5, 5.41) is 12.9. The van der Waals surface area contributed by atoms with Gasteiger partial charge in [-0.2, -0.15) is 0 Å². The number of nitrogens with zero attached hydrogens (tertiary/aromatic N) is 1. The van der Waals surface area contributed by atoms with Crippen LogP contribution in [0.3, 0.4) is 0 Å². The summed E-state index contributed by atoms with van der Waals surface area (Å²) in [7, 11) is 0. The molecule has 1 heterocycles. The van der Waals surface area contributed by atoms with Gasteiger partial charge >= 0.3 is 5.97 Å². The summed E-state index contributed by atoms with van der Waals surface area (Å²) < 4.78 is 0. The highest BCUT2D eigenvalue weighted by molar-refractivity contribution is 5.76. The number of nitrogens with one attached hydrogen (secondary N) is 1. The lowest BCUT2D eigenvalue weighted by molar-refractivity contribution is -0.147. The minimum atomic E-state index is -0.794. The fourth-order valence-corrected chi connectivity index (χ4v) is 4.25. The molecule has 2 N–H and O–H groups in total. The average Bonchev–Trinajstić information content (AvgIpc) is 2.68. The third-order valence-corrected chi connectivity index (χ3v) is 5.69. The molecule has 1 aliphatic heterocycles. The molecule has 1 saturated heterocycles. The van der Waals surface area contributed by atoms with Gasteiger partial charge in [0.15, 0.2) is 0 Å². The van der Waals surface area contributed by atoms with Crippen LogP contribution < -0.4 is 5.32 Å². The highest BCUT2D eigenvalue weighted by Crippen LogP contribution is 2.30. The second kappa shape index (κ2) is 10.6. The van der Waals surface area contributed by atoms with Gasteiger partial charge in [0.05, 0.1) is 6.17 Å². The first kappa shape index (κ1) is 22.4. The van der Waals surface area contributed by atoms with Crippen molar-refractivity contribution in [3.63, 3.8) is 0 Å². The van der Waals surface area contributed by atoms with Gasteiger partial charge < -0.3 is 10.4 Å². The molecule has 1 amide bonds. The van der Waals surface area contributed by atoms with Crippen molar-refractivity contribution >= 4 is 11.9 Å². The Labute approximate surface area is 169 Å². The van der Waals surface area contributed by atoms with E-state index in [2.05, 4.69) is 50.4 Å². The number of benzene rings is 1. The molecule has 1 aromatic carbocycles. The van der Waals surface area contributed by atoms with Crippen molar-refractivity contribution in [1.82, 2.24) is 10.2 Å². The summed E-state index contributed by atoms with van der Waals surface area (Å²) in [6.45, 7) is 9.06. The van der Waals surface area contributed by atoms with Crippen molar-refractivity contribution in [2.45, 2.75) is 84.3 Å².